The second-order valence-electron chi connectivity index (χ2n) is 5.34. The molecule has 1 fully saturated rings. The lowest BCUT2D eigenvalue weighted by molar-refractivity contribution is -0.0334. The zero-order valence-corrected chi connectivity index (χ0v) is 10.7. The summed E-state index contributed by atoms with van der Waals surface area (Å²) in [7, 11) is 2.11. The lowest BCUT2D eigenvalue weighted by Crippen LogP contribution is -2.43. The van der Waals surface area contributed by atoms with Gasteiger partial charge in [0.2, 0.25) is 0 Å². The van der Waals surface area contributed by atoms with Gasteiger partial charge in [-0.2, -0.15) is 0 Å². The average molecular weight is 234 g/mol. The van der Waals surface area contributed by atoms with Crippen molar-refractivity contribution in [3.8, 4) is 0 Å². The highest BCUT2D eigenvalue weighted by Crippen LogP contribution is 2.37. The number of para-hydroxylation sites is 1. The van der Waals surface area contributed by atoms with Crippen molar-refractivity contribution in [2.75, 3.05) is 25.9 Å². The average Bonchev–Trinajstić information content (AvgIpc) is 2.29. The molecule has 0 aromatic heterocycles. The molecule has 94 valence electrons. The third kappa shape index (κ3) is 2.45. The van der Waals surface area contributed by atoms with E-state index in [1.165, 1.54) is 0 Å². The van der Waals surface area contributed by atoms with E-state index in [0.29, 0.717) is 5.69 Å². The van der Waals surface area contributed by atoms with E-state index in [4.69, 9.17) is 5.73 Å². The lowest BCUT2D eigenvalue weighted by atomic mass is 9.78. The molecular formula is C14H22N2O. The van der Waals surface area contributed by atoms with Gasteiger partial charge >= 0.3 is 0 Å². The molecule has 0 radical (unpaired) electrons. The Morgan fingerprint density at radius 1 is 1.41 bits per heavy atom. The topological polar surface area (TPSA) is 49.5 Å². The SMILES string of the molecule is CN1CCCC(C(C)(O)c2ccccc2N)C1. The number of nitrogens with zero attached hydrogens (tertiary/aromatic N) is 1. The van der Waals surface area contributed by atoms with Gasteiger partial charge in [0.05, 0.1) is 5.60 Å². The Morgan fingerprint density at radius 2 is 2.12 bits per heavy atom. The maximum Gasteiger partial charge on any atom is 0.0928 e. The van der Waals surface area contributed by atoms with Crippen molar-refractivity contribution < 1.29 is 5.11 Å². The van der Waals surface area contributed by atoms with E-state index < -0.39 is 5.60 Å². The van der Waals surface area contributed by atoms with E-state index in [1.807, 2.05) is 31.2 Å². The zero-order valence-electron chi connectivity index (χ0n) is 10.7. The number of anilines is 1. The van der Waals surface area contributed by atoms with Crippen LogP contribution in [0.2, 0.25) is 0 Å². The molecule has 0 saturated carbocycles. The molecule has 17 heavy (non-hydrogen) atoms. The second kappa shape index (κ2) is 4.67. The minimum atomic E-state index is -0.833. The smallest absolute Gasteiger partial charge is 0.0928 e. The van der Waals surface area contributed by atoms with Gasteiger partial charge in [0.15, 0.2) is 0 Å². The van der Waals surface area contributed by atoms with Crippen LogP contribution in [0, 0.1) is 5.92 Å². The highest BCUT2D eigenvalue weighted by Gasteiger charge is 2.36. The number of aliphatic hydroxyl groups is 1. The minimum Gasteiger partial charge on any atom is -0.398 e. The third-order valence-electron chi connectivity index (χ3n) is 3.93. The summed E-state index contributed by atoms with van der Waals surface area (Å²) in [5.74, 6) is 0.256. The monoisotopic (exact) mass is 234 g/mol. The summed E-state index contributed by atoms with van der Waals surface area (Å²) < 4.78 is 0. The van der Waals surface area contributed by atoms with Gasteiger partial charge in [0.1, 0.15) is 0 Å². The lowest BCUT2D eigenvalue weighted by Gasteiger charge is -2.39. The summed E-state index contributed by atoms with van der Waals surface area (Å²) in [5, 5.41) is 10.8. The number of nitrogen functional groups attached to an aromatic ring is 1. The van der Waals surface area contributed by atoms with Crippen molar-refractivity contribution in [3.05, 3.63) is 29.8 Å². The summed E-state index contributed by atoms with van der Waals surface area (Å²) in [4.78, 5) is 2.28. The molecule has 1 aliphatic rings. The normalized spacial score (nSPS) is 25.5. The standard InChI is InChI=1S/C14H22N2O/c1-14(17,11-6-5-9-16(2)10-11)12-7-3-4-8-13(12)15/h3-4,7-8,11,17H,5-6,9-10,15H2,1-2H3. The van der Waals surface area contributed by atoms with E-state index >= 15 is 0 Å². The predicted molar refractivity (Wildman–Crippen MR) is 70.6 cm³/mol. The molecule has 1 aromatic rings. The Hall–Kier alpha value is -1.06. The van der Waals surface area contributed by atoms with Crippen LogP contribution in [0.25, 0.3) is 0 Å². The van der Waals surface area contributed by atoms with Crippen LogP contribution < -0.4 is 5.73 Å². The molecule has 1 aliphatic heterocycles. The van der Waals surface area contributed by atoms with E-state index in [-0.39, 0.29) is 5.92 Å². The molecule has 0 spiro atoms. The third-order valence-corrected chi connectivity index (χ3v) is 3.93. The van der Waals surface area contributed by atoms with Crippen molar-refractivity contribution in [2.24, 2.45) is 5.92 Å². The van der Waals surface area contributed by atoms with Gasteiger partial charge in [-0.15, -0.1) is 0 Å². The molecule has 2 rings (SSSR count). The van der Waals surface area contributed by atoms with Crippen molar-refractivity contribution in [3.63, 3.8) is 0 Å². The molecule has 2 atom stereocenters. The van der Waals surface area contributed by atoms with Crippen LogP contribution in [0.4, 0.5) is 5.69 Å². The Morgan fingerprint density at radius 3 is 2.76 bits per heavy atom. The number of piperidine rings is 1. The van der Waals surface area contributed by atoms with Gasteiger partial charge < -0.3 is 15.7 Å². The number of rotatable bonds is 2. The van der Waals surface area contributed by atoms with Gasteiger partial charge in [0.25, 0.3) is 0 Å². The highest BCUT2D eigenvalue weighted by molar-refractivity contribution is 5.49. The van der Waals surface area contributed by atoms with Gasteiger partial charge in [0, 0.05) is 23.7 Å². The second-order valence-corrected chi connectivity index (χ2v) is 5.34. The van der Waals surface area contributed by atoms with Crippen LogP contribution in [0.1, 0.15) is 25.3 Å². The summed E-state index contributed by atoms with van der Waals surface area (Å²) >= 11 is 0. The van der Waals surface area contributed by atoms with E-state index in [0.717, 1.165) is 31.5 Å². The number of hydrogen-bond donors (Lipinski definition) is 2. The number of likely N-dealkylation sites (tertiary alicyclic amines) is 1. The fourth-order valence-electron chi connectivity index (χ4n) is 2.80. The summed E-state index contributed by atoms with van der Waals surface area (Å²) in [6, 6.07) is 7.63. The largest absolute Gasteiger partial charge is 0.398 e. The maximum absolute atomic E-state index is 10.8. The Balaban J connectivity index is 2.26. The van der Waals surface area contributed by atoms with Gasteiger partial charge in [-0.25, -0.2) is 0 Å². The quantitative estimate of drug-likeness (QED) is 0.767. The van der Waals surface area contributed by atoms with E-state index in [2.05, 4.69) is 11.9 Å². The van der Waals surface area contributed by atoms with Crippen molar-refractivity contribution in [2.45, 2.75) is 25.4 Å². The summed E-state index contributed by atoms with van der Waals surface area (Å²) in [6.07, 6.45) is 2.20. The minimum absolute atomic E-state index is 0.256. The fourth-order valence-corrected chi connectivity index (χ4v) is 2.80. The summed E-state index contributed by atoms with van der Waals surface area (Å²) in [6.45, 7) is 3.95. The molecule has 1 heterocycles. The van der Waals surface area contributed by atoms with Crippen molar-refractivity contribution >= 4 is 5.69 Å². The van der Waals surface area contributed by atoms with Crippen molar-refractivity contribution in [1.82, 2.24) is 4.90 Å². The first-order valence-electron chi connectivity index (χ1n) is 6.27. The van der Waals surface area contributed by atoms with Crippen LogP contribution in [0.5, 0.6) is 0 Å². The Labute approximate surface area is 103 Å². The van der Waals surface area contributed by atoms with Gasteiger partial charge in [-0.05, 0) is 39.4 Å². The first-order valence-corrected chi connectivity index (χ1v) is 6.27. The van der Waals surface area contributed by atoms with Gasteiger partial charge in [-0.3, -0.25) is 0 Å². The molecule has 0 bridgehead atoms. The number of hydrogen-bond acceptors (Lipinski definition) is 3. The molecule has 0 amide bonds. The molecule has 1 aromatic carbocycles. The van der Waals surface area contributed by atoms with Crippen LogP contribution in [-0.2, 0) is 5.60 Å². The van der Waals surface area contributed by atoms with E-state index in [9.17, 15) is 5.11 Å². The van der Waals surface area contributed by atoms with Crippen molar-refractivity contribution in [1.29, 1.82) is 0 Å². The molecule has 3 N–H and O–H groups in total. The predicted octanol–water partition coefficient (Wildman–Crippen LogP) is 1.82. The molecule has 3 nitrogen and oxygen atoms in total. The van der Waals surface area contributed by atoms with E-state index in [1.54, 1.807) is 0 Å². The van der Waals surface area contributed by atoms with Crippen LogP contribution in [0.15, 0.2) is 24.3 Å². The fraction of sp³-hybridized carbons (Fsp3) is 0.571. The van der Waals surface area contributed by atoms with Crippen LogP contribution >= 0.6 is 0 Å². The first-order chi connectivity index (χ1) is 8.01. The zero-order chi connectivity index (χ0) is 12.5. The Kier molecular flexibility index (Phi) is 3.40. The number of benzene rings is 1. The molecule has 2 unspecified atom stereocenters. The molecule has 0 aliphatic carbocycles. The van der Waals surface area contributed by atoms with Crippen LogP contribution in [0.3, 0.4) is 0 Å². The molecule has 1 saturated heterocycles. The number of nitrogens with two attached hydrogens (primary N) is 1. The van der Waals surface area contributed by atoms with Crippen LogP contribution in [-0.4, -0.2) is 30.1 Å². The first kappa shape index (κ1) is 12.4. The van der Waals surface area contributed by atoms with Gasteiger partial charge in [-0.1, -0.05) is 18.2 Å². The highest BCUT2D eigenvalue weighted by atomic mass is 16.3. The molecular weight excluding hydrogens is 212 g/mol. The Bertz CT molecular complexity index is 390. The summed E-state index contributed by atoms with van der Waals surface area (Å²) in [5.41, 5.74) is 6.69. The maximum atomic E-state index is 10.8. The molecule has 3 heteroatoms.